The van der Waals surface area contributed by atoms with Crippen LogP contribution in [-0.2, 0) is 14.3 Å². The van der Waals surface area contributed by atoms with Crippen molar-refractivity contribution in [2.75, 3.05) is 25.0 Å². The van der Waals surface area contributed by atoms with Crippen molar-refractivity contribution in [2.45, 2.75) is 24.8 Å². The highest BCUT2D eigenvalue weighted by molar-refractivity contribution is 7.87. The molecule has 0 saturated carbocycles. The van der Waals surface area contributed by atoms with E-state index in [1.54, 1.807) is 12.1 Å². The number of hydrogen-bond donors (Lipinski definition) is 0. The Bertz CT molecular complexity index is 960. The van der Waals surface area contributed by atoms with Gasteiger partial charge in [0.05, 0.1) is 11.1 Å². The van der Waals surface area contributed by atoms with E-state index in [1.165, 1.54) is 18.0 Å². The summed E-state index contributed by atoms with van der Waals surface area (Å²) in [5, 5.41) is 1.75. The molecule has 0 unspecified atom stereocenters. The molecule has 1 heterocycles. The monoisotopic (exact) mass is 401 g/mol. The summed E-state index contributed by atoms with van der Waals surface area (Å²) in [5.74, 6) is 0. The van der Waals surface area contributed by atoms with E-state index in [9.17, 15) is 21.6 Å². The van der Waals surface area contributed by atoms with E-state index in [0.29, 0.717) is 12.1 Å². The number of nitrogens with zero attached hydrogens (tertiary/aromatic N) is 2. The fourth-order valence-corrected chi connectivity index (χ4v) is 3.58. The molecule has 0 aliphatic carbocycles. The van der Waals surface area contributed by atoms with Gasteiger partial charge in [-0.25, -0.2) is 0 Å². The molecule has 0 spiro atoms. The molecular weight excluding hydrogens is 381 g/mol. The third kappa shape index (κ3) is 4.02. The number of halogens is 3. The number of rotatable bonds is 4. The van der Waals surface area contributed by atoms with E-state index in [4.69, 9.17) is 0 Å². The minimum absolute atomic E-state index is 0.561. The van der Waals surface area contributed by atoms with Gasteiger partial charge in [0.1, 0.15) is 7.05 Å². The molecular formula is C18H20F3N2O3S+. The van der Waals surface area contributed by atoms with Gasteiger partial charge in [0.15, 0.2) is 0 Å². The maximum absolute atomic E-state index is 12.5. The van der Waals surface area contributed by atoms with Gasteiger partial charge in [-0.1, -0.05) is 24.3 Å². The lowest BCUT2D eigenvalue weighted by Crippen LogP contribution is -2.29. The molecule has 1 saturated heterocycles. The Morgan fingerprint density at radius 2 is 1.70 bits per heavy atom. The van der Waals surface area contributed by atoms with Gasteiger partial charge in [0.2, 0.25) is 5.69 Å². The summed E-state index contributed by atoms with van der Waals surface area (Å²) in [4.78, 5) is 2.25. The van der Waals surface area contributed by atoms with Crippen LogP contribution in [0.25, 0.3) is 10.8 Å². The molecule has 0 amide bonds. The Balaban J connectivity index is 2.05. The summed E-state index contributed by atoms with van der Waals surface area (Å²) >= 11 is 0. The zero-order valence-corrected chi connectivity index (χ0v) is 15.6. The third-order valence-electron chi connectivity index (χ3n) is 4.55. The third-order valence-corrected chi connectivity index (χ3v) is 5.46. The first-order valence-electron chi connectivity index (χ1n) is 8.53. The van der Waals surface area contributed by atoms with Crippen LogP contribution >= 0.6 is 0 Å². The van der Waals surface area contributed by atoms with E-state index in [2.05, 4.69) is 9.08 Å². The first-order chi connectivity index (χ1) is 12.7. The molecule has 2 aromatic carbocycles. The molecule has 146 valence electrons. The Morgan fingerprint density at radius 3 is 2.33 bits per heavy atom. The maximum Gasteiger partial charge on any atom is 0.534 e. The lowest BCUT2D eigenvalue weighted by Gasteiger charge is -2.29. The maximum atomic E-state index is 12.5. The van der Waals surface area contributed by atoms with Crippen LogP contribution in [-0.4, -0.2) is 45.0 Å². The van der Waals surface area contributed by atoms with Gasteiger partial charge in [0.25, 0.3) is 0 Å². The Hall–Kier alpha value is -2.29. The SMILES string of the molecule is C[N+](=COS(=O)(=O)C(F)(F)F)c1cccc2cccc(N3CCCCC3)c12. The molecule has 0 radical (unpaired) electrons. The molecule has 2 aromatic rings. The van der Waals surface area contributed by atoms with Crippen molar-refractivity contribution in [3.8, 4) is 0 Å². The van der Waals surface area contributed by atoms with Gasteiger partial charge in [-0.2, -0.15) is 26.2 Å². The van der Waals surface area contributed by atoms with Crippen molar-refractivity contribution in [3.63, 3.8) is 0 Å². The zero-order chi connectivity index (χ0) is 19.7. The minimum Gasteiger partial charge on any atom is -0.371 e. The van der Waals surface area contributed by atoms with E-state index in [0.717, 1.165) is 42.4 Å². The first kappa shape index (κ1) is 19.5. The highest BCUT2D eigenvalue weighted by Crippen LogP contribution is 2.35. The van der Waals surface area contributed by atoms with Crippen LogP contribution in [0.2, 0.25) is 0 Å². The molecule has 0 atom stereocenters. The fourth-order valence-electron chi connectivity index (χ4n) is 3.23. The molecule has 5 nitrogen and oxygen atoms in total. The molecule has 1 aliphatic rings. The van der Waals surface area contributed by atoms with Gasteiger partial charge in [-0.3, -0.25) is 0 Å². The van der Waals surface area contributed by atoms with Gasteiger partial charge < -0.3 is 9.08 Å². The predicted octanol–water partition coefficient (Wildman–Crippen LogP) is 4.00. The predicted molar refractivity (Wildman–Crippen MR) is 98.0 cm³/mol. The first-order valence-corrected chi connectivity index (χ1v) is 9.94. The molecule has 1 fully saturated rings. The Morgan fingerprint density at radius 1 is 1.07 bits per heavy atom. The highest BCUT2D eigenvalue weighted by Gasteiger charge is 2.48. The summed E-state index contributed by atoms with van der Waals surface area (Å²) in [5.41, 5.74) is -3.94. The lowest BCUT2D eigenvalue weighted by atomic mass is 10.0. The average Bonchev–Trinajstić information content (AvgIpc) is 2.65. The van der Waals surface area contributed by atoms with Gasteiger partial charge in [-0.05, 0) is 30.7 Å². The standard InChI is InChI=1S/C18H20F3N2O3S/c1-22(13-26-27(24,25)18(19,20)21)15-9-5-7-14-8-6-10-16(17(14)15)23-11-3-2-4-12-23/h5-10,13H,2-4,11-12H2,1H3/q+1. The quantitative estimate of drug-likeness (QED) is 0.256. The van der Waals surface area contributed by atoms with Crippen LogP contribution in [0.5, 0.6) is 0 Å². The topological polar surface area (TPSA) is 49.6 Å². The number of benzene rings is 2. The van der Waals surface area contributed by atoms with Crippen LogP contribution in [0.4, 0.5) is 24.5 Å². The van der Waals surface area contributed by atoms with Gasteiger partial charge in [0, 0.05) is 19.2 Å². The average molecular weight is 401 g/mol. The van der Waals surface area contributed by atoms with Gasteiger partial charge >= 0.3 is 22.0 Å². The second kappa shape index (κ2) is 7.38. The lowest BCUT2D eigenvalue weighted by molar-refractivity contribution is -0.405. The van der Waals surface area contributed by atoms with E-state index in [-0.39, 0.29) is 0 Å². The van der Waals surface area contributed by atoms with Crippen molar-refractivity contribution >= 4 is 38.7 Å². The molecule has 3 rings (SSSR count). The molecule has 27 heavy (non-hydrogen) atoms. The molecule has 9 heteroatoms. The molecule has 0 aromatic heterocycles. The normalized spacial score (nSPS) is 16.6. The fraction of sp³-hybridized carbons (Fsp3) is 0.389. The number of hydrogen-bond acceptors (Lipinski definition) is 4. The Labute approximate surface area is 155 Å². The van der Waals surface area contributed by atoms with E-state index >= 15 is 0 Å². The van der Waals surface area contributed by atoms with Crippen LogP contribution in [0, 0.1) is 0 Å². The van der Waals surface area contributed by atoms with Crippen molar-refractivity contribution in [1.82, 2.24) is 0 Å². The summed E-state index contributed by atoms with van der Waals surface area (Å²) < 4.78 is 65.1. The number of alkyl halides is 3. The Kier molecular flexibility index (Phi) is 5.32. The summed E-state index contributed by atoms with van der Waals surface area (Å²) in [6.45, 7) is 1.81. The summed E-state index contributed by atoms with van der Waals surface area (Å²) in [6, 6.07) is 11.2. The minimum atomic E-state index is -5.69. The van der Waals surface area contributed by atoms with Crippen molar-refractivity contribution in [3.05, 3.63) is 36.4 Å². The smallest absolute Gasteiger partial charge is 0.371 e. The second-order valence-corrected chi connectivity index (χ2v) is 7.98. The largest absolute Gasteiger partial charge is 0.534 e. The van der Waals surface area contributed by atoms with Crippen LogP contribution in [0.1, 0.15) is 19.3 Å². The molecule has 0 N–H and O–H groups in total. The van der Waals surface area contributed by atoms with Crippen LogP contribution in [0.15, 0.2) is 36.4 Å². The second-order valence-electron chi connectivity index (χ2n) is 6.41. The summed E-state index contributed by atoms with van der Waals surface area (Å²) in [6.07, 6.45) is 3.90. The van der Waals surface area contributed by atoms with E-state index in [1.807, 2.05) is 24.3 Å². The van der Waals surface area contributed by atoms with Crippen LogP contribution < -0.4 is 4.90 Å². The van der Waals surface area contributed by atoms with Crippen molar-refractivity contribution in [2.24, 2.45) is 0 Å². The van der Waals surface area contributed by atoms with Crippen molar-refractivity contribution < 1.29 is 30.3 Å². The highest BCUT2D eigenvalue weighted by atomic mass is 32.2. The number of piperidine rings is 1. The molecule has 0 bridgehead atoms. The zero-order valence-electron chi connectivity index (χ0n) is 14.7. The van der Waals surface area contributed by atoms with E-state index < -0.39 is 15.6 Å². The van der Waals surface area contributed by atoms with Gasteiger partial charge in [-0.15, -0.1) is 0 Å². The summed E-state index contributed by atoms with van der Waals surface area (Å²) in [7, 11) is -4.24. The number of anilines is 1. The molecule has 1 aliphatic heterocycles. The van der Waals surface area contributed by atoms with Crippen molar-refractivity contribution in [1.29, 1.82) is 0 Å². The number of fused-ring (bicyclic) bond motifs is 1. The van der Waals surface area contributed by atoms with Crippen LogP contribution in [0.3, 0.4) is 0 Å².